The van der Waals surface area contributed by atoms with Crippen molar-refractivity contribution in [1.29, 1.82) is 0 Å². The first-order valence-corrected chi connectivity index (χ1v) is 5.17. The molecular formula is C11H11FN4O. The zero-order valence-electron chi connectivity index (χ0n) is 9.20. The van der Waals surface area contributed by atoms with Crippen LogP contribution in [0.4, 0.5) is 10.2 Å². The highest BCUT2D eigenvalue weighted by Gasteiger charge is 2.11. The average Bonchev–Trinajstić information content (AvgIpc) is 2.76. The lowest BCUT2D eigenvalue weighted by Gasteiger charge is -2.03. The summed E-state index contributed by atoms with van der Waals surface area (Å²) in [5, 5.41) is 9.09. The van der Waals surface area contributed by atoms with Crippen LogP contribution in [-0.4, -0.2) is 21.1 Å². The normalized spacial score (nSPS) is 10.2. The summed E-state index contributed by atoms with van der Waals surface area (Å²) >= 11 is 0. The van der Waals surface area contributed by atoms with Crippen molar-refractivity contribution in [2.75, 3.05) is 5.32 Å². The largest absolute Gasteiger partial charge is 0.305 e. The predicted octanol–water partition coefficient (Wildman–Crippen LogP) is 1.76. The first-order valence-electron chi connectivity index (χ1n) is 5.17. The van der Waals surface area contributed by atoms with Crippen LogP contribution in [-0.2, 0) is 6.42 Å². The number of rotatable bonds is 3. The summed E-state index contributed by atoms with van der Waals surface area (Å²) in [6, 6.07) is 4.07. The molecule has 0 saturated heterocycles. The summed E-state index contributed by atoms with van der Waals surface area (Å²) in [6.07, 6.45) is 2.37. The van der Waals surface area contributed by atoms with Gasteiger partial charge in [-0.05, 0) is 18.6 Å². The Bertz CT molecular complexity index is 538. The van der Waals surface area contributed by atoms with Crippen molar-refractivity contribution in [3.8, 4) is 0 Å². The zero-order chi connectivity index (χ0) is 12.3. The summed E-state index contributed by atoms with van der Waals surface area (Å²) in [7, 11) is 0. The fourth-order valence-corrected chi connectivity index (χ4v) is 1.40. The second-order valence-electron chi connectivity index (χ2n) is 3.42. The van der Waals surface area contributed by atoms with Crippen LogP contribution in [0.25, 0.3) is 0 Å². The van der Waals surface area contributed by atoms with Crippen molar-refractivity contribution in [1.82, 2.24) is 15.2 Å². The molecule has 2 rings (SSSR count). The number of hydrogen-bond donors (Lipinski definition) is 2. The number of H-pyrrole nitrogens is 1. The third kappa shape index (κ3) is 2.47. The van der Waals surface area contributed by atoms with Crippen LogP contribution in [0, 0.1) is 5.95 Å². The van der Waals surface area contributed by atoms with E-state index in [1.54, 1.807) is 6.20 Å². The number of carbonyl (C=O) groups excluding carboxylic acids is 1. The lowest BCUT2D eigenvalue weighted by atomic mass is 10.2. The molecule has 0 unspecified atom stereocenters. The van der Waals surface area contributed by atoms with Crippen LogP contribution < -0.4 is 5.32 Å². The summed E-state index contributed by atoms with van der Waals surface area (Å²) in [5.41, 5.74) is 0.913. The lowest BCUT2D eigenvalue weighted by molar-refractivity contribution is 0.102. The third-order valence-electron chi connectivity index (χ3n) is 2.29. The van der Waals surface area contributed by atoms with Crippen molar-refractivity contribution in [2.24, 2.45) is 0 Å². The Labute approximate surface area is 97.1 Å². The van der Waals surface area contributed by atoms with E-state index in [4.69, 9.17) is 0 Å². The van der Waals surface area contributed by atoms with E-state index in [-0.39, 0.29) is 5.69 Å². The van der Waals surface area contributed by atoms with Gasteiger partial charge in [-0.3, -0.25) is 9.89 Å². The Balaban J connectivity index is 2.17. The quantitative estimate of drug-likeness (QED) is 0.795. The van der Waals surface area contributed by atoms with Crippen LogP contribution in [0.5, 0.6) is 0 Å². The molecule has 0 radical (unpaired) electrons. The van der Waals surface area contributed by atoms with E-state index >= 15 is 0 Å². The van der Waals surface area contributed by atoms with Crippen LogP contribution >= 0.6 is 0 Å². The minimum atomic E-state index is -0.682. The molecule has 2 heterocycles. The number of amides is 1. The monoisotopic (exact) mass is 234 g/mol. The second kappa shape index (κ2) is 4.73. The number of nitrogens with zero attached hydrogens (tertiary/aromatic N) is 2. The lowest BCUT2D eigenvalue weighted by Crippen LogP contribution is -2.15. The van der Waals surface area contributed by atoms with Gasteiger partial charge in [-0.25, -0.2) is 4.98 Å². The molecule has 0 spiro atoms. The van der Waals surface area contributed by atoms with Gasteiger partial charge in [-0.15, -0.1) is 0 Å². The molecular weight excluding hydrogens is 223 g/mol. The molecule has 2 aromatic rings. The number of aryl methyl sites for hydroxylation is 1. The molecule has 1 amide bonds. The zero-order valence-corrected chi connectivity index (χ0v) is 9.20. The number of aromatic amines is 1. The van der Waals surface area contributed by atoms with Gasteiger partial charge in [0.05, 0.1) is 6.20 Å². The summed E-state index contributed by atoms with van der Waals surface area (Å²) in [6.45, 7) is 1.95. The van der Waals surface area contributed by atoms with Gasteiger partial charge in [0.2, 0.25) is 5.95 Å². The van der Waals surface area contributed by atoms with Crippen molar-refractivity contribution in [3.05, 3.63) is 41.6 Å². The number of hydrogen-bond acceptors (Lipinski definition) is 3. The first-order chi connectivity index (χ1) is 8.20. The fourth-order valence-electron chi connectivity index (χ4n) is 1.40. The highest BCUT2D eigenvalue weighted by Crippen LogP contribution is 2.12. The average molecular weight is 234 g/mol. The van der Waals surface area contributed by atoms with Gasteiger partial charge >= 0.3 is 0 Å². The van der Waals surface area contributed by atoms with E-state index in [0.717, 1.165) is 12.0 Å². The molecule has 88 valence electrons. The number of nitrogens with one attached hydrogen (secondary N) is 2. The van der Waals surface area contributed by atoms with Crippen molar-refractivity contribution in [3.63, 3.8) is 0 Å². The van der Waals surface area contributed by atoms with E-state index in [1.807, 2.05) is 6.92 Å². The first kappa shape index (κ1) is 11.3. The molecule has 17 heavy (non-hydrogen) atoms. The Kier molecular flexibility index (Phi) is 3.13. The number of halogens is 1. The second-order valence-corrected chi connectivity index (χ2v) is 3.42. The minimum absolute atomic E-state index is 0.0293. The SMILES string of the molecule is CCc1cn[nH]c1NC(=O)c1cccc(F)n1. The van der Waals surface area contributed by atoms with Crippen molar-refractivity contribution >= 4 is 11.7 Å². The van der Waals surface area contributed by atoms with Gasteiger partial charge in [0.1, 0.15) is 11.5 Å². The molecule has 0 aromatic carbocycles. The molecule has 5 nitrogen and oxygen atoms in total. The minimum Gasteiger partial charge on any atom is -0.305 e. The maximum absolute atomic E-state index is 12.8. The maximum Gasteiger partial charge on any atom is 0.275 e. The van der Waals surface area contributed by atoms with Gasteiger partial charge < -0.3 is 5.32 Å². The predicted molar refractivity (Wildman–Crippen MR) is 60.1 cm³/mol. The highest BCUT2D eigenvalue weighted by molar-refractivity contribution is 6.02. The number of carbonyl (C=O) groups is 1. The van der Waals surface area contributed by atoms with E-state index in [2.05, 4.69) is 20.5 Å². The summed E-state index contributed by atoms with van der Waals surface area (Å²) < 4.78 is 12.8. The van der Waals surface area contributed by atoms with Gasteiger partial charge in [0, 0.05) is 5.56 Å². The standard InChI is InChI=1S/C11H11FN4O/c1-2-7-6-13-16-10(7)15-11(17)8-4-3-5-9(12)14-8/h3-6H,2H2,1H3,(H2,13,15,16,17). The number of pyridine rings is 1. The van der Waals surface area contributed by atoms with Crippen LogP contribution in [0.15, 0.2) is 24.4 Å². The summed E-state index contributed by atoms with van der Waals surface area (Å²) in [4.78, 5) is 15.2. The van der Waals surface area contributed by atoms with E-state index in [9.17, 15) is 9.18 Å². The maximum atomic E-state index is 12.8. The van der Waals surface area contributed by atoms with E-state index in [1.165, 1.54) is 18.2 Å². The third-order valence-corrected chi connectivity index (χ3v) is 2.29. The van der Waals surface area contributed by atoms with Crippen LogP contribution in [0.2, 0.25) is 0 Å². The molecule has 0 aliphatic heterocycles. The molecule has 0 bridgehead atoms. The van der Waals surface area contributed by atoms with Crippen molar-refractivity contribution < 1.29 is 9.18 Å². The Hall–Kier alpha value is -2.24. The molecule has 6 heteroatoms. The van der Waals surface area contributed by atoms with Crippen molar-refractivity contribution in [2.45, 2.75) is 13.3 Å². The Morgan fingerprint density at radius 1 is 1.53 bits per heavy atom. The molecule has 2 N–H and O–H groups in total. The molecule has 2 aromatic heterocycles. The molecule has 0 fully saturated rings. The molecule has 0 atom stereocenters. The van der Waals surface area contributed by atoms with Gasteiger partial charge in [-0.1, -0.05) is 13.0 Å². The Morgan fingerprint density at radius 3 is 3.06 bits per heavy atom. The summed E-state index contributed by atoms with van der Waals surface area (Å²) in [5.74, 6) is -0.634. The van der Waals surface area contributed by atoms with Gasteiger partial charge in [0.15, 0.2) is 0 Å². The smallest absolute Gasteiger partial charge is 0.275 e. The highest BCUT2D eigenvalue weighted by atomic mass is 19.1. The van der Waals surface area contributed by atoms with E-state index < -0.39 is 11.9 Å². The van der Waals surface area contributed by atoms with Crippen LogP contribution in [0.1, 0.15) is 23.0 Å². The van der Waals surface area contributed by atoms with E-state index in [0.29, 0.717) is 5.82 Å². The van der Waals surface area contributed by atoms with Gasteiger partial charge in [0.25, 0.3) is 5.91 Å². The fraction of sp³-hybridized carbons (Fsp3) is 0.182. The van der Waals surface area contributed by atoms with Gasteiger partial charge in [-0.2, -0.15) is 9.49 Å². The van der Waals surface area contributed by atoms with Crippen LogP contribution in [0.3, 0.4) is 0 Å². The molecule has 0 aliphatic rings. The molecule has 0 saturated carbocycles. The molecule has 0 aliphatic carbocycles. The topological polar surface area (TPSA) is 70.7 Å². The number of anilines is 1. The Morgan fingerprint density at radius 2 is 2.35 bits per heavy atom. The number of aromatic nitrogens is 3.